The van der Waals surface area contributed by atoms with E-state index in [4.69, 9.17) is 9.47 Å². The minimum Gasteiger partial charge on any atom is -0.493 e. The molecule has 1 aromatic rings. The Kier molecular flexibility index (Phi) is 3.92. The molecule has 0 fully saturated rings. The maximum atomic E-state index is 10.8. The molecule has 1 aromatic carbocycles. The molecule has 0 aromatic heterocycles. The average molecular weight is 206 g/mol. The van der Waals surface area contributed by atoms with Crippen molar-refractivity contribution in [2.45, 2.75) is 13.8 Å². The molecule has 80 valence electrons. The zero-order chi connectivity index (χ0) is 11.3. The van der Waals surface area contributed by atoms with E-state index in [1.165, 1.54) is 6.92 Å². The van der Waals surface area contributed by atoms with Gasteiger partial charge in [0.1, 0.15) is 11.5 Å². The first-order chi connectivity index (χ1) is 7.17. The fourth-order valence-corrected chi connectivity index (χ4v) is 1.19. The highest BCUT2D eigenvalue weighted by molar-refractivity contribution is 5.70. The standard InChI is InChI=1S/C12H14O3/c1-4-10-6-7-11(15-9(3)13)8-12(10)14-5-2/h4,6-8H,1,5H2,2-3H3. The molecule has 15 heavy (non-hydrogen) atoms. The van der Waals surface area contributed by atoms with E-state index in [1.54, 1.807) is 24.3 Å². The molecule has 0 saturated carbocycles. The molecule has 0 radical (unpaired) electrons. The lowest BCUT2D eigenvalue weighted by Gasteiger charge is -2.09. The van der Waals surface area contributed by atoms with Crippen molar-refractivity contribution in [2.24, 2.45) is 0 Å². The Morgan fingerprint density at radius 1 is 1.53 bits per heavy atom. The molecule has 3 nitrogen and oxygen atoms in total. The lowest BCUT2D eigenvalue weighted by Crippen LogP contribution is -2.02. The summed E-state index contributed by atoms with van der Waals surface area (Å²) in [5.74, 6) is 0.812. The summed E-state index contributed by atoms with van der Waals surface area (Å²) < 4.78 is 10.3. The second-order valence-corrected chi connectivity index (χ2v) is 2.93. The summed E-state index contributed by atoms with van der Waals surface area (Å²) in [6, 6.07) is 5.19. The highest BCUT2D eigenvalue weighted by atomic mass is 16.5. The highest BCUT2D eigenvalue weighted by Crippen LogP contribution is 2.25. The first-order valence-electron chi connectivity index (χ1n) is 4.75. The summed E-state index contributed by atoms with van der Waals surface area (Å²) in [6.07, 6.45) is 1.70. The predicted molar refractivity (Wildman–Crippen MR) is 59.0 cm³/mol. The fraction of sp³-hybridized carbons (Fsp3) is 0.250. The molecule has 0 spiro atoms. The van der Waals surface area contributed by atoms with Crippen molar-refractivity contribution < 1.29 is 14.3 Å². The van der Waals surface area contributed by atoms with Crippen molar-refractivity contribution in [3.63, 3.8) is 0 Å². The monoisotopic (exact) mass is 206 g/mol. The van der Waals surface area contributed by atoms with Gasteiger partial charge in [-0.1, -0.05) is 12.7 Å². The van der Waals surface area contributed by atoms with E-state index in [2.05, 4.69) is 6.58 Å². The minimum absolute atomic E-state index is 0.344. The number of carbonyl (C=O) groups excluding carboxylic acids is 1. The van der Waals surface area contributed by atoms with Crippen LogP contribution in [0.4, 0.5) is 0 Å². The van der Waals surface area contributed by atoms with Gasteiger partial charge in [0.25, 0.3) is 0 Å². The molecule has 1 rings (SSSR count). The van der Waals surface area contributed by atoms with Crippen LogP contribution in [0.2, 0.25) is 0 Å². The topological polar surface area (TPSA) is 35.5 Å². The van der Waals surface area contributed by atoms with Crippen LogP contribution in [0.15, 0.2) is 24.8 Å². The predicted octanol–water partition coefficient (Wildman–Crippen LogP) is 2.65. The van der Waals surface area contributed by atoms with Crippen LogP contribution >= 0.6 is 0 Å². The molecule has 0 aliphatic heterocycles. The van der Waals surface area contributed by atoms with Crippen molar-refractivity contribution in [1.82, 2.24) is 0 Å². The van der Waals surface area contributed by atoms with Gasteiger partial charge in [-0.3, -0.25) is 4.79 Å². The number of hydrogen-bond donors (Lipinski definition) is 0. The van der Waals surface area contributed by atoms with Gasteiger partial charge in [0.2, 0.25) is 0 Å². The van der Waals surface area contributed by atoms with Gasteiger partial charge in [0.05, 0.1) is 6.61 Å². The molecule has 0 aliphatic rings. The van der Waals surface area contributed by atoms with E-state index in [9.17, 15) is 4.79 Å². The molecule has 0 heterocycles. The van der Waals surface area contributed by atoms with E-state index in [0.29, 0.717) is 18.1 Å². The van der Waals surface area contributed by atoms with Crippen LogP contribution in [0.1, 0.15) is 19.4 Å². The summed E-state index contributed by atoms with van der Waals surface area (Å²) in [6.45, 7) is 7.49. The number of benzene rings is 1. The molecule has 0 bridgehead atoms. The number of carbonyl (C=O) groups is 1. The van der Waals surface area contributed by atoms with Gasteiger partial charge in [-0.05, 0) is 19.1 Å². The van der Waals surface area contributed by atoms with Gasteiger partial charge in [-0.15, -0.1) is 0 Å². The van der Waals surface area contributed by atoms with E-state index >= 15 is 0 Å². The largest absolute Gasteiger partial charge is 0.493 e. The van der Waals surface area contributed by atoms with E-state index < -0.39 is 0 Å². The first-order valence-corrected chi connectivity index (χ1v) is 4.75. The van der Waals surface area contributed by atoms with Crippen LogP contribution in [0, 0.1) is 0 Å². The fourth-order valence-electron chi connectivity index (χ4n) is 1.19. The van der Waals surface area contributed by atoms with Crippen LogP contribution in [-0.2, 0) is 4.79 Å². The summed E-state index contributed by atoms with van der Waals surface area (Å²) in [7, 11) is 0. The summed E-state index contributed by atoms with van der Waals surface area (Å²) in [5.41, 5.74) is 0.882. The lowest BCUT2D eigenvalue weighted by molar-refractivity contribution is -0.131. The van der Waals surface area contributed by atoms with Crippen LogP contribution in [0.5, 0.6) is 11.5 Å². The van der Waals surface area contributed by atoms with Crippen molar-refractivity contribution in [2.75, 3.05) is 6.61 Å². The molecule has 0 N–H and O–H groups in total. The van der Waals surface area contributed by atoms with E-state index in [-0.39, 0.29) is 5.97 Å². The zero-order valence-corrected chi connectivity index (χ0v) is 8.95. The van der Waals surface area contributed by atoms with E-state index in [1.807, 2.05) is 6.92 Å². The number of hydrogen-bond acceptors (Lipinski definition) is 3. The molecule has 3 heteroatoms. The van der Waals surface area contributed by atoms with Crippen LogP contribution in [0.25, 0.3) is 6.08 Å². The lowest BCUT2D eigenvalue weighted by atomic mass is 10.2. The van der Waals surface area contributed by atoms with Gasteiger partial charge < -0.3 is 9.47 Å². The second kappa shape index (κ2) is 5.20. The van der Waals surface area contributed by atoms with Crippen molar-refractivity contribution in [3.8, 4) is 11.5 Å². The second-order valence-electron chi connectivity index (χ2n) is 2.93. The Morgan fingerprint density at radius 2 is 2.27 bits per heavy atom. The Labute approximate surface area is 89.3 Å². The van der Waals surface area contributed by atoms with Gasteiger partial charge in [-0.2, -0.15) is 0 Å². The highest BCUT2D eigenvalue weighted by Gasteiger charge is 2.04. The third-order valence-corrected chi connectivity index (χ3v) is 1.77. The molecule has 0 atom stereocenters. The molecule has 0 amide bonds. The summed E-state index contributed by atoms with van der Waals surface area (Å²) in [4.78, 5) is 10.8. The van der Waals surface area contributed by atoms with Crippen LogP contribution < -0.4 is 9.47 Å². The maximum Gasteiger partial charge on any atom is 0.308 e. The molecular formula is C12H14O3. The summed E-state index contributed by atoms with van der Waals surface area (Å²) >= 11 is 0. The number of ether oxygens (including phenoxy) is 2. The van der Waals surface area contributed by atoms with Gasteiger partial charge in [0, 0.05) is 18.6 Å². The molecule has 0 saturated heterocycles. The zero-order valence-electron chi connectivity index (χ0n) is 8.95. The van der Waals surface area contributed by atoms with Gasteiger partial charge >= 0.3 is 5.97 Å². The summed E-state index contributed by atoms with van der Waals surface area (Å²) in [5, 5.41) is 0. The quantitative estimate of drug-likeness (QED) is 0.561. The molecule has 0 aliphatic carbocycles. The Bertz CT molecular complexity index is 369. The Hall–Kier alpha value is -1.77. The van der Waals surface area contributed by atoms with Crippen molar-refractivity contribution in [3.05, 3.63) is 30.3 Å². The normalized spacial score (nSPS) is 9.47. The smallest absolute Gasteiger partial charge is 0.308 e. The van der Waals surface area contributed by atoms with Gasteiger partial charge in [0.15, 0.2) is 0 Å². The average Bonchev–Trinajstić information content (AvgIpc) is 2.18. The van der Waals surface area contributed by atoms with Crippen molar-refractivity contribution in [1.29, 1.82) is 0 Å². The van der Waals surface area contributed by atoms with E-state index in [0.717, 1.165) is 5.56 Å². The van der Waals surface area contributed by atoms with Crippen molar-refractivity contribution >= 4 is 12.0 Å². The SMILES string of the molecule is C=Cc1ccc(OC(C)=O)cc1OCC. The number of esters is 1. The Balaban J connectivity index is 2.98. The maximum absolute atomic E-state index is 10.8. The molecular weight excluding hydrogens is 192 g/mol. The first kappa shape index (κ1) is 11.3. The number of rotatable bonds is 4. The minimum atomic E-state index is -0.344. The van der Waals surface area contributed by atoms with Crippen LogP contribution in [-0.4, -0.2) is 12.6 Å². The van der Waals surface area contributed by atoms with Crippen LogP contribution in [0.3, 0.4) is 0 Å². The third-order valence-electron chi connectivity index (χ3n) is 1.77. The Morgan fingerprint density at radius 3 is 2.80 bits per heavy atom. The van der Waals surface area contributed by atoms with Gasteiger partial charge in [-0.25, -0.2) is 0 Å². The molecule has 0 unspecified atom stereocenters. The third kappa shape index (κ3) is 3.13.